The summed E-state index contributed by atoms with van der Waals surface area (Å²) >= 11 is 0. The number of nitrogens with zero attached hydrogens (tertiary/aromatic N) is 1. The van der Waals surface area contributed by atoms with Crippen LogP contribution in [0.3, 0.4) is 0 Å². The van der Waals surface area contributed by atoms with Crippen molar-refractivity contribution in [3.05, 3.63) is 30.1 Å². The summed E-state index contributed by atoms with van der Waals surface area (Å²) in [4.78, 5) is 27.3. The lowest BCUT2D eigenvalue weighted by Crippen LogP contribution is -2.44. The average Bonchev–Trinajstić information content (AvgIpc) is 2.50. The van der Waals surface area contributed by atoms with Crippen molar-refractivity contribution in [1.29, 1.82) is 0 Å². The van der Waals surface area contributed by atoms with Gasteiger partial charge in [-0.25, -0.2) is 4.79 Å². The Morgan fingerprint density at radius 2 is 2.09 bits per heavy atom. The van der Waals surface area contributed by atoms with Gasteiger partial charge in [0.05, 0.1) is 6.42 Å². The second kappa shape index (κ2) is 8.36. The minimum absolute atomic E-state index is 0.0449. The van der Waals surface area contributed by atoms with E-state index in [-0.39, 0.29) is 30.6 Å². The highest BCUT2D eigenvalue weighted by Crippen LogP contribution is 2.21. The molecule has 1 aliphatic rings. The fraction of sp³-hybridized carbons (Fsp3) is 0.562. The number of carbonyl (C=O) groups excluding carboxylic acids is 2. The van der Waals surface area contributed by atoms with Gasteiger partial charge in [0.25, 0.3) is 0 Å². The van der Waals surface area contributed by atoms with Gasteiger partial charge in [-0.05, 0) is 44.2 Å². The number of rotatable bonds is 5. The Hall–Kier alpha value is -2.11. The molecule has 0 spiro atoms. The molecule has 0 saturated heterocycles. The van der Waals surface area contributed by atoms with Crippen LogP contribution in [-0.4, -0.2) is 35.7 Å². The number of hydrogen-bond acceptors (Lipinski definition) is 4. The smallest absolute Gasteiger partial charge is 0.314 e. The van der Waals surface area contributed by atoms with E-state index in [2.05, 4.69) is 15.6 Å². The van der Waals surface area contributed by atoms with Gasteiger partial charge >= 0.3 is 12.0 Å². The van der Waals surface area contributed by atoms with Crippen molar-refractivity contribution in [2.75, 3.05) is 6.54 Å². The molecule has 120 valence electrons. The lowest BCUT2D eigenvalue weighted by atomic mass is 9.93. The molecule has 1 aromatic heterocycles. The molecular weight excluding hydrogens is 282 g/mol. The Bertz CT molecular complexity index is 485. The van der Waals surface area contributed by atoms with E-state index in [1.165, 1.54) is 0 Å². The predicted octanol–water partition coefficient (Wildman–Crippen LogP) is 1.80. The molecule has 0 unspecified atom stereocenters. The molecule has 2 rings (SSSR count). The minimum atomic E-state index is -0.215. The molecule has 1 aromatic rings. The Morgan fingerprint density at radius 1 is 1.32 bits per heavy atom. The zero-order chi connectivity index (χ0) is 15.8. The maximum atomic E-state index is 11.9. The molecule has 6 nitrogen and oxygen atoms in total. The Labute approximate surface area is 130 Å². The van der Waals surface area contributed by atoms with Crippen LogP contribution < -0.4 is 10.6 Å². The van der Waals surface area contributed by atoms with Crippen molar-refractivity contribution < 1.29 is 14.3 Å². The molecule has 1 fully saturated rings. The van der Waals surface area contributed by atoms with Crippen LogP contribution in [0.15, 0.2) is 24.5 Å². The minimum Gasteiger partial charge on any atom is -0.462 e. The summed E-state index contributed by atoms with van der Waals surface area (Å²) in [6, 6.07) is 3.71. The number of esters is 1. The molecule has 1 aliphatic carbocycles. The monoisotopic (exact) mass is 305 g/mol. The van der Waals surface area contributed by atoms with Crippen molar-refractivity contribution in [2.24, 2.45) is 0 Å². The number of urea groups is 1. The van der Waals surface area contributed by atoms with E-state index in [1.807, 2.05) is 13.0 Å². The highest BCUT2D eigenvalue weighted by molar-refractivity contribution is 5.74. The molecule has 0 aliphatic heterocycles. The second-order valence-electron chi connectivity index (χ2n) is 5.51. The molecule has 22 heavy (non-hydrogen) atoms. The molecule has 1 saturated carbocycles. The number of carbonyl (C=O) groups is 2. The van der Waals surface area contributed by atoms with E-state index in [1.54, 1.807) is 18.5 Å². The Kier molecular flexibility index (Phi) is 6.18. The normalized spacial score (nSPS) is 21.0. The summed E-state index contributed by atoms with van der Waals surface area (Å²) < 4.78 is 5.50. The fourth-order valence-electron chi connectivity index (χ4n) is 2.62. The third kappa shape index (κ3) is 5.35. The maximum Gasteiger partial charge on any atom is 0.314 e. The largest absolute Gasteiger partial charge is 0.462 e. The number of amides is 2. The Morgan fingerprint density at radius 3 is 2.73 bits per heavy atom. The third-order valence-corrected chi connectivity index (χ3v) is 3.72. The lowest BCUT2D eigenvalue weighted by Gasteiger charge is -2.28. The van der Waals surface area contributed by atoms with E-state index < -0.39 is 0 Å². The van der Waals surface area contributed by atoms with Crippen LogP contribution in [0.4, 0.5) is 4.79 Å². The fourth-order valence-corrected chi connectivity index (χ4v) is 2.62. The molecule has 2 amide bonds. The van der Waals surface area contributed by atoms with Crippen molar-refractivity contribution >= 4 is 12.0 Å². The van der Waals surface area contributed by atoms with E-state index in [9.17, 15) is 9.59 Å². The van der Waals surface area contributed by atoms with Crippen LogP contribution in [0, 0.1) is 0 Å². The average molecular weight is 305 g/mol. The number of aromatic nitrogens is 1. The van der Waals surface area contributed by atoms with E-state index >= 15 is 0 Å². The molecule has 0 atom stereocenters. The first-order valence-corrected chi connectivity index (χ1v) is 7.80. The van der Waals surface area contributed by atoms with Gasteiger partial charge in [-0.3, -0.25) is 9.78 Å². The van der Waals surface area contributed by atoms with Crippen LogP contribution in [0.1, 0.15) is 38.2 Å². The predicted molar refractivity (Wildman–Crippen MR) is 82.3 cm³/mol. The zero-order valence-electron chi connectivity index (χ0n) is 12.9. The van der Waals surface area contributed by atoms with Crippen LogP contribution in [0.25, 0.3) is 0 Å². The maximum absolute atomic E-state index is 11.9. The van der Waals surface area contributed by atoms with Crippen LogP contribution >= 0.6 is 0 Å². The highest BCUT2D eigenvalue weighted by atomic mass is 16.5. The summed E-state index contributed by atoms with van der Waals surface area (Å²) in [6.45, 7) is 2.51. The SMILES string of the molecule is CCNC(=O)NC1CCC(OC(=O)Cc2cccnc2)CC1. The molecule has 1 heterocycles. The number of hydrogen-bond donors (Lipinski definition) is 2. The topological polar surface area (TPSA) is 80.3 Å². The van der Waals surface area contributed by atoms with Gasteiger partial charge in [0.15, 0.2) is 0 Å². The number of ether oxygens (including phenoxy) is 1. The first-order chi connectivity index (χ1) is 10.7. The highest BCUT2D eigenvalue weighted by Gasteiger charge is 2.24. The lowest BCUT2D eigenvalue weighted by molar-refractivity contribution is -0.149. The van der Waals surface area contributed by atoms with Crippen LogP contribution in [-0.2, 0) is 16.0 Å². The molecule has 2 N–H and O–H groups in total. The summed E-state index contributed by atoms with van der Waals surface area (Å²) in [5, 5.41) is 5.66. The van der Waals surface area contributed by atoms with Crippen molar-refractivity contribution in [3.8, 4) is 0 Å². The van der Waals surface area contributed by atoms with Gasteiger partial charge < -0.3 is 15.4 Å². The van der Waals surface area contributed by atoms with Gasteiger partial charge in [-0.2, -0.15) is 0 Å². The number of pyridine rings is 1. The standard InChI is InChI=1S/C16H23N3O3/c1-2-18-16(21)19-13-5-7-14(8-6-13)22-15(20)10-12-4-3-9-17-11-12/h3-4,9,11,13-14H,2,5-8,10H2,1H3,(H2,18,19,21). The van der Waals surface area contributed by atoms with E-state index in [0.717, 1.165) is 31.2 Å². The van der Waals surface area contributed by atoms with Crippen LogP contribution in [0.2, 0.25) is 0 Å². The first kappa shape index (κ1) is 16.3. The second-order valence-corrected chi connectivity index (χ2v) is 5.51. The molecule has 0 aromatic carbocycles. The van der Waals surface area contributed by atoms with Gasteiger partial charge in [0.2, 0.25) is 0 Å². The summed E-state index contributed by atoms with van der Waals surface area (Å²) in [7, 11) is 0. The summed E-state index contributed by atoms with van der Waals surface area (Å²) in [6.07, 6.45) is 6.81. The molecule has 0 radical (unpaired) electrons. The van der Waals surface area contributed by atoms with Gasteiger partial charge in [-0.15, -0.1) is 0 Å². The van der Waals surface area contributed by atoms with Crippen molar-refractivity contribution in [1.82, 2.24) is 15.6 Å². The van der Waals surface area contributed by atoms with Gasteiger partial charge in [0, 0.05) is 25.0 Å². The Balaban J connectivity index is 1.68. The first-order valence-electron chi connectivity index (χ1n) is 7.80. The summed E-state index contributed by atoms with van der Waals surface area (Å²) in [5.74, 6) is -0.215. The third-order valence-electron chi connectivity index (χ3n) is 3.72. The van der Waals surface area contributed by atoms with Crippen molar-refractivity contribution in [3.63, 3.8) is 0 Å². The molecular formula is C16H23N3O3. The molecule has 6 heteroatoms. The van der Waals surface area contributed by atoms with Crippen molar-refractivity contribution in [2.45, 2.75) is 51.2 Å². The van der Waals surface area contributed by atoms with E-state index in [4.69, 9.17) is 4.74 Å². The zero-order valence-corrected chi connectivity index (χ0v) is 12.9. The quantitative estimate of drug-likeness (QED) is 0.813. The van der Waals surface area contributed by atoms with E-state index in [0.29, 0.717) is 6.54 Å². The van der Waals surface area contributed by atoms with Crippen LogP contribution in [0.5, 0.6) is 0 Å². The van der Waals surface area contributed by atoms with Gasteiger partial charge in [-0.1, -0.05) is 6.07 Å². The molecule has 0 bridgehead atoms. The van der Waals surface area contributed by atoms with Gasteiger partial charge in [0.1, 0.15) is 6.10 Å². The number of nitrogens with one attached hydrogen (secondary N) is 2. The summed E-state index contributed by atoms with van der Waals surface area (Å²) in [5.41, 5.74) is 0.860.